The summed E-state index contributed by atoms with van der Waals surface area (Å²) in [5, 5.41) is 3.40. The number of methoxy groups -OCH3 is 1. The van der Waals surface area contributed by atoms with Crippen LogP contribution in [-0.2, 0) is 26.2 Å². The van der Waals surface area contributed by atoms with Crippen LogP contribution in [0.1, 0.15) is 83.3 Å². The molecule has 6 nitrogen and oxygen atoms in total. The number of nitrogens with zero attached hydrogens (tertiary/aromatic N) is 1. The molecule has 2 aliphatic rings. The van der Waals surface area contributed by atoms with E-state index < -0.39 is 11.0 Å². The molecule has 0 spiro atoms. The molecular formula is C37H53N2O4+. The second kappa shape index (κ2) is 14.6. The van der Waals surface area contributed by atoms with Crippen molar-refractivity contribution in [3.8, 4) is 5.75 Å². The molecule has 4 atom stereocenters. The lowest BCUT2D eigenvalue weighted by molar-refractivity contribution is -0.938. The van der Waals surface area contributed by atoms with E-state index in [-0.39, 0.29) is 17.9 Å². The highest BCUT2D eigenvalue weighted by atomic mass is 16.6. The number of likely N-dealkylation sites (tertiary alicyclic amines) is 1. The molecule has 43 heavy (non-hydrogen) atoms. The van der Waals surface area contributed by atoms with Crippen LogP contribution in [0.5, 0.6) is 5.75 Å². The standard InChI is InChI=1S/C37H52N2O4/c1-6-23-39(27-29(2)3)24-22-36(32-17-13-18-34(25-32)42-5)26-33(20-21-37(36,28-39)43-30(4)40)38-35(41)19-12-8-11-16-31-14-9-7-10-15-31/h6-7,9-10,13-15,17-18,25,29,33H,1,8,11-12,16,19-24,26-28H2,2-5H3/p+1/t33-,36-,37?,39+/m1/s1. The summed E-state index contributed by atoms with van der Waals surface area (Å²) in [5.74, 6) is 1.18. The van der Waals surface area contributed by atoms with Crippen molar-refractivity contribution in [2.24, 2.45) is 5.92 Å². The number of hydrogen-bond acceptors (Lipinski definition) is 4. The Morgan fingerprint density at radius 1 is 1.09 bits per heavy atom. The molecule has 1 heterocycles. The number of rotatable bonds is 14. The Bertz CT molecular complexity index is 1230. The number of fused-ring (bicyclic) bond motifs is 1. The normalized spacial score (nSPS) is 26.8. The molecule has 2 aromatic carbocycles. The maximum absolute atomic E-state index is 13.2. The van der Waals surface area contributed by atoms with Gasteiger partial charge in [0.2, 0.25) is 5.91 Å². The van der Waals surface area contributed by atoms with E-state index in [1.54, 1.807) is 7.11 Å². The first kappa shape index (κ1) is 32.8. The number of carbonyl (C=O) groups is 2. The van der Waals surface area contributed by atoms with Crippen LogP contribution in [0.15, 0.2) is 67.3 Å². The van der Waals surface area contributed by atoms with Crippen molar-refractivity contribution in [3.05, 3.63) is 78.4 Å². The summed E-state index contributed by atoms with van der Waals surface area (Å²) in [7, 11) is 1.69. The molecule has 1 aliphatic heterocycles. The van der Waals surface area contributed by atoms with E-state index in [0.29, 0.717) is 18.8 Å². The number of hydrogen-bond donors (Lipinski definition) is 1. The molecule has 1 unspecified atom stereocenters. The lowest BCUT2D eigenvalue weighted by Crippen LogP contribution is -2.74. The van der Waals surface area contributed by atoms with Gasteiger partial charge in [0.25, 0.3) is 0 Å². The summed E-state index contributed by atoms with van der Waals surface area (Å²) in [4.78, 5) is 26.0. The van der Waals surface area contributed by atoms with Crippen LogP contribution in [0.2, 0.25) is 0 Å². The number of aryl methyl sites for hydroxylation is 1. The van der Waals surface area contributed by atoms with E-state index in [9.17, 15) is 9.59 Å². The van der Waals surface area contributed by atoms with Gasteiger partial charge in [0, 0.05) is 37.1 Å². The third-order valence-corrected chi connectivity index (χ3v) is 9.77. The number of ether oxygens (including phenoxy) is 2. The molecule has 0 aromatic heterocycles. The van der Waals surface area contributed by atoms with Gasteiger partial charge in [-0.25, -0.2) is 0 Å². The predicted octanol–water partition coefficient (Wildman–Crippen LogP) is 6.77. The average molecular weight is 590 g/mol. The van der Waals surface area contributed by atoms with Crippen molar-refractivity contribution in [2.75, 3.05) is 33.3 Å². The van der Waals surface area contributed by atoms with Crippen molar-refractivity contribution in [3.63, 3.8) is 0 Å². The van der Waals surface area contributed by atoms with Gasteiger partial charge >= 0.3 is 5.97 Å². The second-order valence-electron chi connectivity index (χ2n) is 13.5. The van der Waals surface area contributed by atoms with Crippen molar-refractivity contribution < 1.29 is 23.5 Å². The van der Waals surface area contributed by atoms with E-state index in [1.807, 2.05) is 24.3 Å². The fraction of sp³-hybridized carbons (Fsp3) is 0.568. The lowest BCUT2D eigenvalue weighted by atomic mass is 9.54. The average Bonchev–Trinajstić information content (AvgIpc) is 2.97. The molecule has 1 aliphatic carbocycles. The minimum absolute atomic E-state index is 0.0243. The monoisotopic (exact) mass is 589 g/mol. The number of benzene rings is 2. The maximum atomic E-state index is 13.2. The highest BCUT2D eigenvalue weighted by Crippen LogP contribution is 2.55. The SMILES string of the molecule is C=CC[N@@+]1(CC(C)C)CC[C@]2(c3cccc(OC)c3)C[C@H](NC(=O)CCCCCc3ccccc3)CCC2(OC(C)=O)C1. The first-order valence-electron chi connectivity index (χ1n) is 16.3. The molecule has 4 rings (SSSR count). The molecule has 1 saturated carbocycles. The first-order valence-corrected chi connectivity index (χ1v) is 16.3. The molecule has 1 amide bonds. The van der Waals surface area contributed by atoms with Crippen molar-refractivity contribution in [1.82, 2.24) is 5.32 Å². The summed E-state index contributed by atoms with van der Waals surface area (Å²) in [6.07, 6.45) is 9.73. The summed E-state index contributed by atoms with van der Waals surface area (Å²) in [5.41, 5.74) is 1.37. The zero-order valence-corrected chi connectivity index (χ0v) is 26.9. The summed E-state index contributed by atoms with van der Waals surface area (Å²) in [6.45, 7) is 13.7. The fourth-order valence-corrected chi connectivity index (χ4v) is 8.16. The topological polar surface area (TPSA) is 64.6 Å². The molecule has 0 bridgehead atoms. The molecule has 0 radical (unpaired) electrons. The molecular weight excluding hydrogens is 536 g/mol. The molecule has 2 aromatic rings. The van der Waals surface area contributed by atoms with E-state index in [2.05, 4.69) is 62.1 Å². The molecule has 1 N–H and O–H groups in total. The van der Waals surface area contributed by atoms with Crippen LogP contribution in [0.3, 0.4) is 0 Å². The van der Waals surface area contributed by atoms with E-state index in [0.717, 1.165) is 86.9 Å². The Balaban J connectivity index is 1.54. The Morgan fingerprint density at radius 2 is 1.88 bits per heavy atom. The molecule has 1 saturated heterocycles. The van der Waals surface area contributed by atoms with Gasteiger partial charge in [0.05, 0.1) is 26.7 Å². The fourth-order valence-electron chi connectivity index (χ4n) is 8.16. The van der Waals surface area contributed by atoms with Gasteiger partial charge < -0.3 is 19.3 Å². The number of piperidine rings is 1. The van der Waals surface area contributed by atoms with Gasteiger partial charge in [0.15, 0.2) is 5.60 Å². The Labute approximate surface area is 259 Å². The van der Waals surface area contributed by atoms with E-state index in [4.69, 9.17) is 9.47 Å². The smallest absolute Gasteiger partial charge is 0.303 e. The molecule has 2 fully saturated rings. The number of nitrogens with one attached hydrogen (secondary N) is 1. The number of quaternary nitrogens is 1. The van der Waals surface area contributed by atoms with Gasteiger partial charge in [0.1, 0.15) is 12.3 Å². The van der Waals surface area contributed by atoms with Crippen molar-refractivity contribution >= 4 is 11.9 Å². The third kappa shape index (κ3) is 7.89. The summed E-state index contributed by atoms with van der Waals surface area (Å²) in [6, 6.07) is 18.8. The lowest BCUT2D eigenvalue weighted by Gasteiger charge is -2.61. The van der Waals surface area contributed by atoms with Crippen LogP contribution in [0, 0.1) is 5.92 Å². The van der Waals surface area contributed by atoms with Gasteiger partial charge in [-0.15, -0.1) is 0 Å². The molecule has 234 valence electrons. The van der Waals surface area contributed by atoms with Crippen LogP contribution < -0.4 is 10.1 Å². The molecule has 6 heteroatoms. The third-order valence-electron chi connectivity index (χ3n) is 9.77. The largest absolute Gasteiger partial charge is 0.497 e. The van der Waals surface area contributed by atoms with Gasteiger partial charge in [-0.05, 0) is 67.9 Å². The maximum Gasteiger partial charge on any atom is 0.303 e. The van der Waals surface area contributed by atoms with Crippen LogP contribution in [0.25, 0.3) is 0 Å². The summed E-state index contributed by atoms with van der Waals surface area (Å²) < 4.78 is 13.1. The number of carbonyl (C=O) groups excluding carboxylic acids is 2. The van der Waals surface area contributed by atoms with Crippen molar-refractivity contribution in [2.45, 2.75) is 95.6 Å². The Hall–Kier alpha value is -3.12. The number of unbranched alkanes of at least 4 members (excludes halogenated alkanes) is 2. The highest BCUT2D eigenvalue weighted by Gasteiger charge is 2.65. The van der Waals surface area contributed by atoms with Crippen molar-refractivity contribution in [1.29, 1.82) is 0 Å². The van der Waals surface area contributed by atoms with Crippen LogP contribution >= 0.6 is 0 Å². The van der Waals surface area contributed by atoms with E-state index in [1.165, 1.54) is 12.5 Å². The zero-order chi connectivity index (χ0) is 30.9. The van der Waals surface area contributed by atoms with E-state index >= 15 is 0 Å². The zero-order valence-electron chi connectivity index (χ0n) is 26.9. The quantitative estimate of drug-likeness (QED) is 0.114. The highest BCUT2D eigenvalue weighted by molar-refractivity contribution is 5.76. The van der Waals surface area contributed by atoms with Crippen LogP contribution in [0.4, 0.5) is 0 Å². The van der Waals surface area contributed by atoms with Gasteiger partial charge in [-0.1, -0.05) is 69.3 Å². The minimum Gasteiger partial charge on any atom is -0.497 e. The second-order valence-corrected chi connectivity index (χ2v) is 13.5. The number of esters is 1. The Morgan fingerprint density at radius 3 is 2.58 bits per heavy atom. The summed E-state index contributed by atoms with van der Waals surface area (Å²) >= 11 is 0. The minimum atomic E-state index is -0.681. The predicted molar refractivity (Wildman–Crippen MR) is 173 cm³/mol. The van der Waals surface area contributed by atoms with Gasteiger partial charge in [-0.2, -0.15) is 0 Å². The van der Waals surface area contributed by atoms with Gasteiger partial charge in [-0.3, -0.25) is 9.59 Å². The van der Waals surface area contributed by atoms with Crippen LogP contribution in [-0.4, -0.2) is 61.3 Å². The first-order chi connectivity index (χ1) is 20.6. The Kier molecular flexibility index (Phi) is 11.1. The number of amides is 1.